The number of benzene rings is 1. The zero-order valence-electron chi connectivity index (χ0n) is 19.5. The molecule has 1 aliphatic heterocycles. The molecule has 0 radical (unpaired) electrons. The highest BCUT2D eigenvalue weighted by atomic mass is 16.7. The maximum Gasteiger partial charge on any atom is 0.305 e. The number of carbonyl (C=O) groups is 3. The summed E-state index contributed by atoms with van der Waals surface area (Å²) in [7, 11) is 0. The lowest BCUT2D eigenvalue weighted by Gasteiger charge is -2.26. The SMILES string of the molecule is CCC1(C(=O)NC(CC(=O)O)C(=O)COc2ccccn2)CC(c2ccccc2C(C)C)=NO1. The van der Waals surface area contributed by atoms with Crippen LogP contribution in [0.3, 0.4) is 0 Å². The summed E-state index contributed by atoms with van der Waals surface area (Å²) in [6, 6.07) is 11.5. The van der Waals surface area contributed by atoms with Crippen molar-refractivity contribution in [1.29, 1.82) is 0 Å². The molecule has 2 heterocycles. The molecule has 2 unspecified atom stereocenters. The Labute approximate surface area is 198 Å². The van der Waals surface area contributed by atoms with Crippen LogP contribution in [0.1, 0.15) is 57.1 Å². The number of nitrogens with one attached hydrogen (secondary N) is 1. The van der Waals surface area contributed by atoms with Crippen LogP contribution in [0.4, 0.5) is 0 Å². The number of carbonyl (C=O) groups excluding carboxylic acids is 2. The number of nitrogens with zero attached hydrogens (tertiary/aromatic N) is 2. The molecule has 180 valence electrons. The van der Waals surface area contributed by atoms with Crippen LogP contribution in [0.5, 0.6) is 5.88 Å². The van der Waals surface area contributed by atoms with Crippen LogP contribution in [-0.2, 0) is 19.2 Å². The summed E-state index contributed by atoms with van der Waals surface area (Å²) in [5.41, 5.74) is 1.30. The monoisotopic (exact) mass is 467 g/mol. The summed E-state index contributed by atoms with van der Waals surface area (Å²) in [5.74, 6) is -1.93. The van der Waals surface area contributed by atoms with E-state index in [4.69, 9.17) is 9.57 Å². The van der Waals surface area contributed by atoms with Gasteiger partial charge in [-0.3, -0.25) is 14.4 Å². The average Bonchev–Trinajstić information content (AvgIpc) is 3.28. The number of hydrogen-bond donors (Lipinski definition) is 2. The fourth-order valence-corrected chi connectivity index (χ4v) is 3.74. The fraction of sp³-hybridized carbons (Fsp3) is 0.400. The molecule has 3 rings (SSSR count). The van der Waals surface area contributed by atoms with Crippen LogP contribution in [0.2, 0.25) is 0 Å². The number of Topliss-reactive ketones (excluding diaryl/α,β-unsaturated/α-hetero) is 1. The Morgan fingerprint density at radius 1 is 1.18 bits per heavy atom. The normalized spacial score (nSPS) is 18.1. The molecule has 9 nitrogen and oxygen atoms in total. The summed E-state index contributed by atoms with van der Waals surface area (Å²) in [5, 5.41) is 16.0. The maximum absolute atomic E-state index is 13.3. The minimum atomic E-state index is -1.34. The molecule has 2 aromatic rings. The van der Waals surface area contributed by atoms with Gasteiger partial charge in [0.25, 0.3) is 5.91 Å². The van der Waals surface area contributed by atoms with Crippen molar-refractivity contribution in [3.8, 4) is 5.88 Å². The average molecular weight is 468 g/mol. The van der Waals surface area contributed by atoms with Gasteiger partial charge in [0.2, 0.25) is 11.5 Å². The smallest absolute Gasteiger partial charge is 0.305 e. The van der Waals surface area contributed by atoms with Gasteiger partial charge in [-0.05, 0) is 24.0 Å². The molecule has 2 atom stereocenters. The number of pyridine rings is 1. The van der Waals surface area contributed by atoms with E-state index in [1.165, 1.54) is 6.20 Å². The third-order valence-electron chi connectivity index (χ3n) is 5.74. The predicted molar refractivity (Wildman–Crippen MR) is 125 cm³/mol. The lowest BCUT2D eigenvalue weighted by atomic mass is 9.87. The van der Waals surface area contributed by atoms with Crippen molar-refractivity contribution in [3.63, 3.8) is 0 Å². The van der Waals surface area contributed by atoms with Crippen molar-refractivity contribution in [2.75, 3.05) is 6.61 Å². The molecular weight excluding hydrogens is 438 g/mol. The quantitative estimate of drug-likeness (QED) is 0.520. The largest absolute Gasteiger partial charge is 0.481 e. The van der Waals surface area contributed by atoms with Crippen LogP contribution in [-0.4, -0.2) is 51.7 Å². The number of carboxylic acid groups (broad SMARTS) is 1. The molecule has 0 fully saturated rings. The Bertz CT molecular complexity index is 1070. The van der Waals surface area contributed by atoms with Gasteiger partial charge in [0.15, 0.2) is 12.4 Å². The van der Waals surface area contributed by atoms with E-state index in [1.54, 1.807) is 25.1 Å². The van der Waals surface area contributed by atoms with E-state index in [1.807, 2.05) is 24.3 Å². The summed E-state index contributed by atoms with van der Waals surface area (Å²) in [4.78, 5) is 46.9. The van der Waals surface area contributed by atoms with Crippen LogP contribution in [0.25, 0.3) is 0 Å². The van der Waals surface area contributed by atoms with Crippen molar-refractivity contribution in [2.24, 2.45) is 5.16 Å². The maximum atomic E-state index is 13.3. The number of aromatic nitrogens is 1. The molecule has 9 heteroatoms. The third kappa shape index (κ3) is 5.78. The van der Waals surface area contributed by atoms with E-state index in [0.717, 1.165) is 11.1 Å². The lowest BCUT2D eigenvalue weighted by molar-refractivity contribution is -0.148. The van der Waals surface area contributed by atoms with Crippen LogP contribution in [0.15, 0.2) is 53.8 Å². The standard InChI is InChI=1S/C25H29N3O6/c1-4-25(14-20(28-34-25)18-10-6-5-9-17(18)16(2)3)24(32)27-19(13-23(30)31)21(29)15-33-22-11-7-8-12-26-22/h5-12,16,19H,4,13-15H2,1-3H3,(H,27,32)(H,30,31). The van der Waals surface area contributed by atoms with Crippen LogP contribution < -0.4 is 10.1 Å². The number of rotatable bonds is 11. The van der Waals surface area contributed by atoms with E-state index in [-0.39, 0.29) is 24.6 Å². The molecule has 0 bridgehead atoms. The number of ketones is 1. The van der Waals surface area contributed by atoms with Gasteiger partial charge >= 0.3 is 5.97 Å². The first kappa shape index (κ1) is 24.9. The molecular formula is C25H29N3O6. The molecule has 0 saturated heterocycles. The van der Waals surface area contributed by atoms with E-state index < -0.39 is 42.3 Å². The minimum Gasteiger partial charge on any atom is -0.481 e. The topological polar surface area (TPSA) is 127 Å². The Kier molecular flexibility index (Phi) is 7.99. The first-order valence-corrected chi connectivity index (χ1v) is 11.2. The van der Waals surface area contributed by atoms with E-state index >= 15 is 0 Å². The number of ether oxygens (including phenoxy) is 1. The highest BCUT2D eigenvalue weighted by Crippen LogP contribution is 2.33. The molecule has 1 aliphatic rings. The number of carboxylic acids is 1. The second-order valence-electron chi connectivity index (χ2n) is 8.44. The number of aliphatic carboxylic acids is 1. The third-order valence-corrected chi connectivity index (χ3v) is 5.74. The van der Waals surface area contributed by atoms with Gasteiger partial charge in [0, 0.05) is 24.2 Å². The molecule has 1 amide bonds. The molecule has 1 aromatic carbocycles. The zero-order chi connectivity index (χ0) is 24.7. The Morgan fingerprint density at radius 2 is 1.91 bits per heavy atom. The van der Waals surface area contributed by atoms with E-state index in [2.05, 4.69) is 29.3 Å². The molecule has 34 heavy (non-hydrogen) atoms. The lowest BCUT2D eigenvalue weighted by Crippen LogP contribution is -2.53. The fourth-order valence-electron chi connectivity index (χ4n) is 3.74. The van der Waals surface area contributed by atoms with Crippen molar-refractivity contribution in [1.82, 2.24) is 10.3 Å². The molecule has 0 aliphatic carbocycles. The Morgan fingerprint density at radius 3 is 2.56 bits per heavy atom. The van der Waals surface area contributed by atoms with Crippen LogP contribution >= 0.6 is 0 Å². The van der Waals surface area contributed by atoms with Crippen molar-refractivity contribution in [3.05, 3.63) is 59.8 Å². The summed E-state index contributed by atoms with van der Waals surface area (Å²) < 4.78 is 5.34. The second-order valence-corrected chi connectivity index (χ2v) is 8.44. The van der Waals surface area contributed by atoms with Crippen molar-refractivity contribution < 1.29 is 29.1 Å². The molecule has 2 N–H and O–H groups in total. The van der Waals surface area contributed by atoms with Gasteiger partial charge < -0.3 is 20.0 Å². The van der Waals surface area contributed by atoms with Gasteiger partial charge in [-0.1, -0.05) is 56.3 Å². The van der Waals surface area contributed by atoms with Crippen molar-refractivity contribution >= 4 is 23.4 Å². The van der Waals surface area contributed by atoms with Gasteiger partial charge in [-0.25, -0.2) is 4.98 Å². The van der Waals surface area contributed by atoms with E-state index in [9.17, 15) is 19.5 Å². The minimum absolute atomic E-state index is 0.206. The highest BCUT2D eigenvalue weighted by molar-refractivity contribution is 6.07. The van der Waals surface area contributed by atoms with Gasteiger partial charge in [-0.2, -0.15) is 0 Å². The van der Waals surface area contributed by atoms with Crippen molar-refractivity contribution in [2.45, 2.75) is 57.6 Å². The van der Waals surface area contributed by atoms with Gasteiger partial charge in [0.1, 0.15) is 6.04 Å². The number of hydrogen-bond acceptors (Lipinski definition) is 7. The first-order chi connectivity index (χ1) is 16.3. The summed E-state index contributed by atoms with van der Waals surface area (Å²) in [6.07, 6.45) is 1.42. The highest BCUT2D eigenvalue weighted by Gasteiger charge is 2.46. The predicted octanol–water partition coefficient (Wildman–Crippen LogP) is 3.09. The van der Waals surface area contributed by atoms with E-state index in [0.29, 0.717) is 5.71 Å². The van der Waals surface area contributed by atoms with Gasteiger partial charge in [-0.15, -0.1) is 0 Å². The summed E-state index contributed by atoms with van der Waals surface area (Å²) in [6.45, 7) is 5.50. The second kappa shape index (κ2) is 10.9. The molecule has 0 saturated carbocycles. The molecule has 0 spiro atoms. The molecule has 1 aromatic heterocycles. The Hall–Kier alpha value is -3.75. The van der Waals surface area contributed by atoms with Crippen LogP contribution in [0, 0.1) is 0 Å². The number of oxime groups is 1. The zero-order valence-corrected chi connectivity index (χ0v) is 19.5. The first-order valence-electron chi connectivity index (χ1n) is 11.2. The Balaban J connectivity index is 1.72. The summed E-state index contributed by atoms with van der Waals surface area (Å²) >= 11 is 0. The number of amides is 1. The van der Waals surface area contributed by atoms with Gasteiger partial charge in [0.05, 0.1) is 12.1 Å².